The summed E-state index contributed by atoms with van der Waals surface area (Å²) in [6.07, 6.45) is 10.3. The zero-order chi connectivity index (χ0) is 15.6. The minimum absolute atomic E-state index is 0.0832. The van der Waals surface area contributed by atoms with Crippen LogP contribution in [0, 0.1) is 17.2 Å². The number of hydrogen-bond donors (Lipinski definition) is 1. The van der Waals surface area contributed by atoms with E-state index >= 15 is 0 Å². The summed E-state index contributed by atoms with van der Waals surface area (Å²) in [7, 11) is 0. The van der Waals surface area contributed by atoms with Crippen LogP contribution in [0.2, 0.25) is 0 Å². The summed E-state index contributed by atoms with van der Waals surface area (Å²) in [5, 5.41) is 10.1. The number of oxazole rings is 1. The first-order valence-electron chi connectivity index (χ1n) is 7.98. The van der Waals surface area contributed by atoms with Crippen LogP contribution in [0.25, 0.3) is 22.5 Å². The van der Waals surface area contributed by atoms with E-state index in [-0.39, 0.29) is 5.92 Å². The Morgan fingerprint density at radius 3 is 3.00 bits per heavy atom. The van der Waals surface area contributed by atoms with Gasteiger partial charge in [-0.05, 0) is 24.8 Å². The number of H-pyrrole nitrogens is 1. The molecule has 1 aliphatic rings. The molecule has 1 saturated carbocycles. The van der Waals surface area contributed by atoms with E-state index in [0.29, 0.717) is 24.0 Å². The number of rotatable bonds is 4. The van der Waals surface area contributed by atoms with Crippen LogP contribution in [-0.2, 0) is 0 Å². The molecule has 3 heterocycles. The number of nitrogens with one attached hydrogen (secondary N) is 1. The lowest BCUT2D eigenvalue weighted by atomic mass is 9.88. The molecule has 0 aromatic carbocycles. The second-order valence-corrected chi connectivity index (χ2v) is 6.04. The molecule has 23 heavy (non-hydrogen) atoms. The van der Waals surface area contributed by atoms with E-state index in [0.717, 1.165) is 29.6 Å². The van der Waals surface area contributed by atoms with Crippen molar-refractivity contribution in [1.29, 1.82) is 5.26 Å². The molecule has 0 aliphatic heterocycles. The number of aromatic nitrogens is 4. The molecule has 1 atom stereocenters. The van der Waals surface area contributed by atoms with Gasteiger partial charge in [-0.25, -0.2) is 15.0 Å². The fourth-order valence-corrected chi connectivity index (χ4v) is 3.55. The van der Waals surface area contributed by atoms with Crippen molar-refractivity contribution < 1.29 is 4.42 Å². The first-order valence-corrected chi connectivity index (χ1v) is 7.98. The molecule has 0 spiro atoms. The maximum Gasteiger partial charge on any atom is 0.199 e. The second kappa shape index (κ2) is 5.84. The maximum absolute atomic E-state index is 9.15. The Kier molecular flexibility index (Phi) is 3.54. The highest BCUT2D eigenvalue weighted by atomic mass is 16.4. The van der Waals surface area contributed by atoms with Crippen LogP contribution >= 0.6 is 0 Å². The third kappa shape index (κ3) is 2.48. The highest BCUT2D eigenvalue weighted by Crippen LogP contribution is 2.39. The van der Waals surface area contributed by atoms with Gasteiger partial charge in [0, 0.05) is 18.0 Å². The van der Waals surface area contributed by atoms with Crippen LogP contribution in [0.4, 0.5) is 0 Å². The molecule has 1 N–H and O–H groups in total. The predicted molar refractivity (Wildman–Crippen MR) is 84.3 cm³/mol. The van der Waals surface area contributed by atoms with Gasteiger partial charge in [0.1, 0.15) is 17.7 Å². The lowest BCUT2D eigenvalue weighted by Crippen LogP contribution is -2.09. The van der Waals surface area contributed by atoms with Gasteiger partial charge in [-0.15, -0.1) is 0 Å². The lowest BCUT2D eigenvalue weighted by Gasteiger charge is -2.17. The molecular weight excluding hydrogens is 290 g/mol. The third-order valence-corrected chi connectivity index (χ3v) is 4.71. The summed E-state index contributed by atoms with van der Waals surface area (Å²) >= 11 is 0. The average Bonchev–Trinajstić information content (AvgIpc) is 3.32. The van der Waals surface area contributed by atoms with Crippen molar-refractivity contribution in [3.63, 3.8) is 0 Å². The van der Waals surface area contributed by atoms with Gasteiger partial charge in [-0.1, -0.05) is 12.8 Å². The molecular formula is C17H17N5O. The normalized spacial score (nSPS) is 16.7. The van der Waals surface area contributed by atoms with Crippen molar-refractivity contribution in [3.05, 3.63) is 30.7 Å². The SMILES string of the molecule is N#CC[C@H](c1ncc(-c2ncnc3[nH]ccc23)o1)C1CCCC1. The Morgan fingerprint density at radius 2 is 2.17 bits per heavy atom. The standard InChI is InChI=1S/C17H17N5O/c18-7-5-12(11-3-1-2-4-11)17-20-9-14(23-17)15-13-6-8-19-16(13)22-10-21-15/h6,8-12H,1-5H2,(H,19,21,22)/t12-/m0/s1. The molecule has 4 rings (SSSR count). The fraction of sp³-hybridized carbons (Fsp3) is 0.412. The second-order valence-electron chi connectivity index (χ2n) is 6.04. The smallest absolute Gasteiger partial charge is 0.199 e. The van der Waals surface area contributed by atoms with Gasteiger partial charge in [0.05, 0.1) is 18.2 Å². The van der Waals surface area contributed by atoms with E-state index in [1.807, 2.05) is 12.3 Å². The first kappa shape index (κ1) is 13.9. The molecule has 0 radical (unpaired) electrons. The minimum atomic E-state index is 0.0832. The van der Waals surface area contributed by atoms with E-state index in [2.05, 4.69) is 26.0 Å². The molecule has 3 aromatic rings. The van der Waals surface area contributed by atoms with Gasteiger partial charge >= 0.3 is 0 Å². The topological polar surface area (TPSA) is 91.4 Å². The Balaban J connectivity index is 1.70. The van der Waals surface area contributed by atoms with Gasteiger partial charge in [0.2, 0.25) is 0 Å². The quantitative estimate of drug-likeness (QED) is 0.791. The van der Waals surface area contributed by atoms with Crippen molar-refractivity contribution in [2.24, 2.45) is 5.92 Å². The monoisotopic (exact) mass is 307 g/mol. The molecule has 3 aromatic heterocycles. The van der Waals surface area contributed by atoms with Crippen LogP contribution < -0.4 is 0 Å². The summed E-state index contributed by atoms with van der Waals surface area (Å²) in [6.45, 7) is 0. The Labute approximate surface area is 133 Å². The molecule has 116 valence electrons. The van der Waals surface area contributed by atoms with Crippen molar-refractivity contribution in [2.45, 2.75) is 38.0 Å². The number of aromatic amines is 1. The van der Waals surface area contributed by atoms with Crippen LogP contribution in [-0.4, -0.2) is 19.9 Å². The summed E-state index contributed by atoms with van der Waals surface area (Å²) in [5.74, 6) is 1.88. The molecule has 1 fully saturated rings. The van der Waals surface area contributed by atoms with E-state index in [9.17, 15) is 0 Å². The van der Waals surface area contributed by atoms with Crippen LogP contribution in [0.1, 0.15) is 43.9 Å². The highest BCUT2D eigenvalue weighted by molar-refractivity contribution is 5.88. The molecule has 0 unspecified atom stereocenters. The summed E-state index contributed by atoms with van der Waals surface area (Å²) in [5.41, 5.74) is 1.51. The van der Waals surface area contributed by atoms with Gasteiger partial charge in [-0.3, -0.25) is 0 Å². The molecule has 0 bridgehead atoms. The van der Waals surface area contributed by atoms with Crippen molar-refractivity contribution in [2.75, 3.05) is 0 Å². The zero-order valence-corrected chi connectivity index (χ0v) is 12.7. The molecule has 1 aliphatic carbocycles. The van der Waals surface area contributed by atoms with Gasteiger partial charge < -0.3 is 9.40 Å². The first-order chi connectivity index (χ1) is 11.4. The van der Waals surface area contributed by atoms with E-state index in [4.69, 9.17) is 9.68 Å². The zero-order valence-electron chi connectivity index (χ0n) is 12.7. The van der Waals surface area contributed by atoms with E-state index in [1.54, 1.807) is 6.20 Å². The largest absolute Gasteiger partial charge is 0.439 e. The molecule has 0 amide bonds. The van der Waals surface area contributed by atoms with Crippen LogP contribution in [0.3, 0.4) is 0 Å². The maximum atomic E-state index is 9.15. The molecule has 0 saturated heterocycles. The summed E-state index contributed by atoms with van der Waals surface area (Å²) in [6, 6.07) is 4.21. The van der Waals surface area contributed by atoms with E-state index < -0.39 is 0 Å². The summed E-state index contributed by atoms with van der Waals surface area (Å²) in [4.78, 5) is 16.1. The number of nitriles is 1. The van der Waals surface area contributed by atoms with Crippen LogP contribution in [0.15, 0.2) is 29.2 Å². The van der Waals surface area contributed by atoms with Crippen LogP contribution in [0.5, 0.6) is 0 Å². The van der Waals surface area contributed by atoms with Crippen molar-refractivity contribution in [3.8, 4) is 17.5 Å². The van der Waals surface area contributed by atoms with Crippen molar-refractivity contribution in [1.82, 2.24) is 19.9 Å². The Morgan fingerprint density at radius 1 is 1.30 bits per heavy atom. The molecule has 6 nitrogen and oxygen atoms in total. The van der Waals surface area contributed by atoms with Gasteiger partial charge in [0.25, 0.3) is 0 Å². The van der Waals surface area contributed by atoms with Gasteiger partial charge in [-0.2, -0.15) is 5.26 Å². The predicted octanol–water partition coefficient (Wildman–Crippen LogP) is 3.80. The Hall–Kier alpha value is -2.68. The highest BCUT2D eigenvalue weighted by Gasteiger charge is 2.30. The van der Waals surface area contributed by atoms with Crippen molar-refractivity contribution >= 4 is 11.0 Å². The van der Waals surface area contributed by atoms with E-state index in [1.165, 1.54) is 19.2 Å². The third-order valence-electron chi connectivity index (χ3n) is 4.71. The Bertz CT molecular complexity index is 853. The summed E-state index contributed by atoms with van der Waals surface area (Å²) < 4.78 is 6.01. The van der Waals surface area contributed by atoms with Gasteiger partial charge in [0.15, 0.2) is 11.7 Å². The number of fused-ring (bicyclic) bond motifs is 1. The fourth-order valence-electron chi connectivity index (χ4n) is 3.55. The number of hydrogen-bond acceptors (Lipinski definition) is 5. The molecule has 6 heteroatoms. The minimum Gasteiger partial charge on any atom is -0.439 e. The average molecular weight is 307 g/mol. The lowest BCUT2D eigenvalue weighted by molar-refractivity contribution is 0.357. The number of nitrogens with zero attached hydrogens (tertiary/aromatic N) is 4.